The molecular formula is C13H20BrClN2O. The van der Waals surface area contributed by atoms with Crippen molar-refractivity contribution in [1.29, 1.82) is 0 Å². The summed E-state index contributed by atoms with van der Waals surface area (Å²) in [5.74, 6) is 0.146. The fourth-order valence-corrected chi connectivity index (χ4v) is 1.97. The molecule has 1 aromatic carbocycles. The first-order valence-electron chi connectivity index (χ1n) is 5.67. The second-order valence-electron chi connectivity index (χ2n) is 4.59. The number of hydrogen-bond donors (Lipinski definition) is 1. The molecule has 1 atom stereocenters. The van der Waals surface area contributed by atoms with Crippen LogP contribution in [0.5, 0.6) is 0 Å². The van der Waals surface area contributed by atoms with Crippen molar-refractivity contribution in [2.45, 2.75) is 26.4 Å². The van der Waals surface area contributed by atoms with Gasteiger partial charge in [-0.15, -0.1) is 12.4 Å². The Kier molecular flexibility index (Phi) is 7.52. The Morgan fingerprint density at radius 2 is 2.06 bits per heavy atom. The number of likely N-dealkylation sites (N-methyl/N-ethyl adjacent to an activating group) is 1. The Balaban J connectivity index is 0.00000289. The van der Waals surface area contributed by atoms with E-state index in [-0.39, 0.29) is 24.2 Å². The predicted octanol–water partition coefficient (Wildman–Crippen LogP) is 2.81. The van der Waals surface area contributed by atoms with Gasteiger partial charge in [-0.25, -0.2) is 0 Å². The highest BCUT2D eigenvalue weighted by Gasteiger charge is 2.20. The number of nitrogens with two attached hydrogens (primary N) is 1. The second-order valence-corrected chi connectivity index (χ2v) is 5.51. The largest absolute Gasteiger partial charge is 0.340 e. The van der Waals surface area contributed by atoms with Crippen LogP contribution in [-0.2, 0) is 11.3 Å². The molecule has 0 saturated carbocycles. The van der Waals surface area contributed by atoms with Crippen LogP contribution in [0.3, 0.4) is 0 Å². The number of rotatable bonds is 4. The van der Waals surface area contributed by atoms with Crippen LogP contribution in [0, 0.1) is 5.92 Å². The van der Waals surface area contributed by atoms with Crippen LogP contribution in [0.25, 0.3) is 0 Å². The molecule has 18 heavy (non-hydrogen) atoms. The van der Waals surface area contributed by atoms with Gasteiger partial charge in [0, 0.05) is 18.1 Å². The summed E-state index contributed by atoms with van der Waals surface area (Å²) in [4.78, 5) is 13.6. The third kappa shape index (κ3) is 4.96. The molecule has 3 nitrogen and oxygen atoms in total. The smallest absolute Gasteiger partial charge is 0.239 e. The van der Waals surface area contributed by atoms with E-state index >= 15 is 0 Å². The monoisotopic (exact) mass is 334 g/mol. The lowest BCUT2D eigenvalue weighted by Crippen LogP contribution is -2.44. The third-order valence-corrected chi connectivity index (χ3v) is 3.18. The van der Waals surface area contributed by atoms with Gasteiger partial charge in [0.2, 0.25) is 5.91 Å². The van der Waals surface area contributed by atoms with Crippen LogP contribution in [0.2, 0.25) is 0 Å². The molecule has 1 rings (SSSR count). The van der Waals surface area contributed by atoms with Gasteiger partial charge in [-0.3, -0.25) is 4.79 Å². The Morgan fingerprint density at radius 3 is 2.56 bits per heavy atom. The maximum absolute atomic E-state index is 12.0. The summed E-state index contributed by atoms with van der Waals surface area (Å²) in [5.41, 5.74) is 6.93. The highest BCUT2D eigenvalue weighted by atomic mass is 79.9. The lowest BCUT2D eigenvalue weighted by atomic mass is 10.0. The van der Waals surface area contributed by atoms with Crippen LogP contribution in [0.4, 0.5) is 0 Å². The van der Waals surface area contributed by atoms with E-state index in [4.69, 9.17) is 5.73 Å². The fourth-order valence-electron chi connectivity index (χ4n) is 1.53. The maximum atomic E-state index is 12.0. The van der Waals surface area contributed by atoms with E-state index in [9.17, 15) is 4.79 Å². The molecule has 0 heterocycles. The number of amides is 1. The second kappa shape index (κ2) is 7.77. The minimum atomic E-state index is -0.424. The first-order valence-corrected chi connectivity index (χ1v) is 6.46. The van der Waals surface area contributed by atoms with E-state index in [1.165, 1.54) is 0 Å². The normalized spacial score (nSPS) is 11.9. The zero-order chi connectivity index (χ0) is 13.0. The summed E-state index contributed by atoms with van der Waals surface area (Å²) in [7, 11) is 1.78. The van der Waals surface area contributed by atoms with Crippen LogP contribution < -0.4 is 5.73 Å². The molecule has 0 aliphatic heterocycles. The molecule has 102 valence electrons. The summed E-state index contributed by atoms with van der Waals surface area (Å²) in [6.45, 7) is 4.49. The van der Waals surface area contributed by atoms with Crippen molar-refractivity contribution in [3.8, 4) is 0 Å². The van der Waals surface area contributed by atoms with Crippen molar-refractivity contribution in [3.05, 3.63) is 34.3 Å². The van der Waals surface area contributed by atoms with Gasteiger partial charge in [0.1, 0.15) is 0 Å². The first kappa shape index (κ1) is 17.4. The van der Waals surface area contributed by atoms with Gasteiger partial charge in [-0.2, -0.15) is 0 Å². The minimum Gasteiger partial charge on any atom is -0.340 e. The van der Waals surface area contributed by atoms with Crippen LogP contribution in [0.15, 0.2) is 28.7 Å². The SMILES string of the molecule is CC(C)C(N)C(=O)N(C)Cc1cccc(Br)c1.Cl. The van der Waals surface area contributed by atoms with E-state index < -0.39 is 6.04 Å². The maximum Gasteiger partial charge on any atom is 0.239 e. The summed E-state index contributed by atoms with van der Waals surface area (Å²) >= 11 is 3.41. The molecule has 0 radical (unpaired) electrons. The van der Waals surface area contributed by atoms with Crippen LogP contribution in [-0.4, -0.2) is 23.9 Å². The Bertz CT molecular complexity index is 398. The van der Waals surface area contributed by atoms with Crippen molar-refractivity contribution in [2.24, 2.45) is 11.7 Å². The van der Waals surface area contributed by atoms with E-state index in [1.807, 2.05) is 38.1 Å². The molecule has 2 N–H and O–H groups in total. The van der Waals surface area contributed by atoms with Gasteiger partial charge in [-0.05, 0) is 23.6 Å². The summed E-state index contributed by atoms with van der Waals surface area (Å²) in [6.07, 6.45) is 0. The van der Waals surface area contributed by atoms with Crippen molar-refractivity contribution in [2.75, 3.05) is 7.05 Å². The average molecular weight is 336 g/mol. The molecule has 0 aliphatic rings. The van der Waals surface area contributed by atoms with Crippen molar-refractivity contribution >= 4 is 34.2 Å². The Labute approximate surface area is 123 Å². The van der Waals surface area contributed by atoms with Gasteiger partial charge >= 0.3 is 0 Å². The quantitative estimate of drug-likeness (QED) is 0.919. The number of carbonyl (C=O) groups excluding carboxylic acids is 1. The van der Waals surface area contributed by atoms with Crippen LogP contribution in [0.1, 0.15) is 19.4 Å². The van der Waals surface area contributed by atoms with Gasteiger partial charge < -0.3 is 10.6 Å². The van der Waals surface area contributed by atoms with E-state index in [0.29, 0.717) is 6.54 Å². The Hall–Kier alpha value is -0.580. The fraction of sp³-hybridized carbons (Fsp3) is 0.462. The van der Waals surface area contributed by atoms with E-state index in [0.717, 1.165) is 10.0 Å². The van der Waals surface area contributed by atoms with E-state index in [1.54, 1.807) is 11.9 Å². The topological polar surface area (TPSA) is 46.3 Å². The highest BCUT2D eigenvalue weighted by molar-refractivity contribution is 9.10. The number of carbonyl (C=O) groups is 1. The first-order chi connectivity index (χ1) is 7.91. The lowest BCUT2D eigenvalue weighted by Gasteiger charge is -2.23. The zero-order valence-electron chi connectivity index (χ0n) is 10.9. The van der Waals surface area contributed by atoms with Gasteiger partial charge in [0.25, 0.3) is 0 Å². The van der Waals surface area contributed by atoms with Crippen molar-refractivity contribution < 1.29 is 4.79 Å². The van der Waals surface area contributed by atoms with Gasteiger partial charge in [0.05, 0.1) is 6.04 Å². The van der Waals surface area contributed by atoms with Crippen molar-refractivity contribution in [1.82, 2.24) is 4.90 Å². The molecular weight excluding hydrogens is 316 g/mol. The summed E-state index contributed by atoms with van der Waals surface area (Å²) < 4.78 is 1.02. The molecule has 0 spiro atoms. The number of halogens is 2. The van der Waals surface area contributed by atoms with Crippen molar-refractivity contribution in [3.63, 3.8) is 0 Å². The number of benzene rings is 1. The average Bonchev–Trinajstić information content (AvgIpc) is 2.26. The van der Waals surface area contributed by atoms with E-state index in [2.05, 4.69) is 15.9 Å². The Morgan fingerprint density at radius 1 is 1.44 bits per heavy atom. The zero-order valence-corrected chi connectivity index (χ0v) is 13.3. The molecule has 1 aromatic rings. The molecule has 0 bridgehead atoms. The number of hydrogen-bond acceptors (Lipinski definition) is 2. The molecule has 1 amide bonds. The third-order valence-electron chi connectivity index (χ3n) is 2.69. The summed E-state index contributed by atoms with van der Waals surface area (Å²) in [5, 5.41) is 0. The van der Waals surface area contributed by atoms with Gasteiger partial charge in [0.15, 0.2) is 0 Å². The summed E-state index contributed by atoms with van der Waals surface area (Å²) in [6, 6.07) is 7.50. The predicted molar refractivity (Wildman–Crippen MR) is 80.7 cm³/mol. The number of nitrogens with zero attached hydrogens (tertiary/aromatic N) is 1. The molecule has 0 aromatic heterocycles. The highest BCUT2D eigenvalue weighted by Crippen LogP contribution is 2.13. The minimum absolute atomic E-state index is 0. The lowest BCUT2D eigenvalue weighted by molar-refractivity contribution is -0.132. The molecule has 0 aliphatic carbocycles. The van der Waals surface area contributed by atoms with Gasteiger partial charge in [-0.1, -0.05) is 41.9 Å². The molecule has 5 heteroatoms. The molecule has 0 saturated heterocycles. The molecule has 0 fully saturated rings. The molecule has 1 unspecified atom stereocenters. The van der Waals surface area contributed by atoms with Crippen LogP contribution >= 0.6 is 28.3 Å². The standard InChI is InChI=1S/C13H19BrN2O.ClH/c1-9(2)12(15)13(17)16(3)8-10-5-4-6-11(14)7-10;/h4-7,9,12H,8,15H2,1-3H3;1H.